The number of nitrogens with one attached hydrogen (secondary N) is 1. The number of carbonyl (C=O) groups excluding carboxylic acids is 1. The lowest BCUT2D eigenvalue weighted by Crippen LogP contribution is -2.57. The predicted octanol–water partition coefficient (Wildman–Crippen LogP) is 1.04. The van der Waals surface area contributed by atoms with Gasteiger partial charge in [-0.1, -0.05) is 12.1 Å². The van der Waals surface area contributed by atoms with E-state index in [4.69, 9.17) is 10.5 Å². The van der Waals surface area contributed by atoms with E-state index in [-0.39, 0.29) is 5.91 Å². The smallest absolute Gasteiger partial charge is 0.240 e. The second-order valence-electron chi connectivity index (χ2n) is 5.89. The fourth-order valence-electron chi connectivity index (χ4n) is 2.70. The fraction of sp³-hybridized carbons (Fsp3) is 0.412. The van der Waals surface area contributed by atoms with Crippen LogP contribution in [0.25, 0.3) is 5.69 Å². The highest BCUT2D eigenvalue weighted by Gasteiger charge is 2.35. The van der Waals surface area contributed by atoms with Gasteiger partial charge < -0.3 is 15.8 Å². The molecule has 0 bridgehead atoms. The summed E-state index contributed by atoms with van der Waals surface area (Å²) in [4.78, 5) is 12.2. The summed E-state index contributed by atoms with van der Waals surface area (Å²) in [6.07, 6.45) is 5.60. The summed E-state index contributed by atoms with van der Waals surface area (Å²) >= 11 is 0. The van der Waals surface area contributed by atoms with Gasteiger partial charge in [0.15, 0.2) is 0 Å². The average Bonchev–Trinajstić information content (AvgIpc) is 3.10. The van der Waals surface area contributed by atoms with Gasteiger partial charge in [0.05, 0.1) is 11.2 Å². The number of carbonyl (C=O) groups is 1. The van der Waals surface area contributed by atoms with Gasteiger partial charge >= 0.3 is 0 Å². The summed E-state index contributed by atoms with van der Waals surface area (Å²) in [7, 11) is 0. The number of aromatic nitrogens is 2. The molecular weight excluding hydrogens is 292 g/mol. The monoisotopic (exact) mass is 314 g/mol. The lowest BCUT2D eigenvalue weighted by Gasteiger charge is -2.31. The molecule has 0 unspecified atom stereocenters. The van der Waals surface area contributed by atoms with Crippen LogP contribution in [0.1, 0.15) is 18.4 Å². The van der Waals surface area contributed by atoms with Crippen molar-refractivity contribution in [1.29, 1.82) is 0 Å². The molecule has 2 aromatic rings. The molecule has 6 nitrogen and oxygen atoms in total. The molecule has 0 atom stereocenters. The van der Waals surface area contributed by atoms with Crippen molar-refractivity contribution < 1.29 is 9.53 Å². The Hall–Kier alpha value is -2.18. The normalized spacial score (nSPS) is 16.9. The lowest BCUT2D eigenvalue weighted by atomic mass is 9.90. The first-order valence-corrected chi connectivity index (χ1v) is 7.91. The quantitative estimate of drug-likeness (QED) is 0.864. The van der Waals surface area contributed by atoms with Crippen LogP contribution in [0.5, 0.6) is 0 Å². The van der Waals surface area contributed by atoms with Crippen LogP contribution in [-0.2, 0) is 16.0 Å². The van der Waals surface area contributed by atoms with E-state index in [1.54, 1.807) is 6.20 Å². The molecule has 0 saturated carbocycles. The maximum atomic E-state index is 12.2. The molecule has 2 heterocycles. The summed E-state index contributed by atoms with van der Waals surface area (Å²) < 4.78 is 7.08. The number of hydrogen-bond donors (Lipinski definition) is 2. The number of nitrogens with two attached hydrogens (primary N) is 1. The van der Waals surface area contributed by atoms with E-state index < -0.39 is 5.54 Å². The Morgan fingerprint density at radius 1 is 1.30 bits per heavy atom. The standard InChI is InChI=1S/C17H22N4O2/c18-17(7-12-23-13-8-17)16(22)19-10-6-14-2-4-15(5-3-14)21-11-1-9-20-21/h1-5,9,11H,6-8,10,12-13,18H2,(H,19,22). The lowest BCUT2D eigenvalue weighted by molar-refractivity contribution is -0.129. The van der Waals surface area contributed by atoms with Crippen LogP contribution in [0.3, 0.4) is 0 Å². The van der Waals surface area contributed by atoms with E-state index in [0.717, 1.165) is 12.1 Å². The summed E-state index contributed by atoms with van der Waals surface area (Å²) in [6.45, 7) is 1.69. The fourth-order valence-corrected chi connectivity index (χ4v) is 2.70. The molecule has 1 amide bonds. The minimum absolute atomic E-state index is 0.0750. The van der Waals surface area contributed by atoms with Crippen molar-refractivity contribution in [2.24, 2.45) is 5.73 Å². The number of rotatable bonds is 5. The zero-order valence-corrected chi connectivity index (χ0v) is 13.1. The number of hydrogen-bond acceptors (Lipinski definition) is 4. The average molecular weight is 314 g/mol. The maximum Gasteiger partial charge on any atom is 0.240 e. The van der Waals surface area contributed by atoms with Crippen LogP contribution in [0, 0.1) is 0 Å². The molecule has 6 heteroatoms. The van der Waals surface area contributed by atoms with Crippen LogP contribution < -0.4 is 11.1 Å². The first kappa shape index (κ1) is 15.7. The Bertz CT molecular complexity index is 631. The van der Waals surface area contributed by atoms with Gasteiger partial charge in [0.25, 0.3) is 0 Å². The van der Waals surface area contributed by atoms with Crippen molar-refractivity contribution in [2.45, 2.75) is 24.8 Å². The van der Waals surface area contributed by atoms with Gasteiger partial charge in [0, 0.05) is 32.2 Å². The molecule has 3 rings (SSSR count). The van der Waals surface area contributed by atoms with Gasteiger partial charge in [-0.05, 0) is 43.0 Å². The highest BCUT2D eigenvalue weighted by atomic mass is 16.5. The Balaban J connectivity index is 1.49. The Kier molecular flexibility index (Phi) is 4.73. The van der Waals surface area contributed by atoms with Gasteiger partial charge in [-0.3, -0.25) is 4.79 Å². The van der Waals surface area contributed by atoms with Crippen molar-refractivity contribution in [3.8, 4) is 5.69 Å². The third-order valence-electron chi connectivity index (χ3n) is 4.24. The zero-order chi connectivity index (χ0) is 16.1. The van der Waals surface area contributed by atoms with Gasteiger partial charge in [-0.25, -0.2) is 4.68 Å². The molecule has 1 aromatic heterocycles. The highest BCUT2D eigenvalue weighted by Crippen LogP contribution is 2.17. The second kappa shape index (κ2) is 6.93. The number of amides is 1. The van der Waals surface area contributed by atoms with Crippen molar-refractivity contribution >= 4 is 5.91 Å². The SMILES string of the molecule is NC1(C(=O)NCCc2ccc(-n3cccn3)cc2)CCOCC1. The van der Waals surface area contributed by atoms with E-state index in [0.29, 0.717) is 32.6 Å². The van der Waals surface area contributed by atoms with Crippen LogP contribution in [0.2, 0.25) is 0 Å². The van der Waals surface area contributed by atoms with Crippen LogP contribution in [0.15, 0.2) is 42.7 Å². The van der Waals surface area contributed by atoms with E-state index >= 15 is 0 Å². The summed E-state index contributed by atoms with van der Waals surface area (Å²) in [5.41, 5.74) is 7.56. The third kappa shape index (κ3) is 3.78. The first-order valence-electron chi connectivity index (χ1n) is 7.91. The molecule has 0 spiro atoms. The van der Waals surface area contributed by atoms with E-state index in [1.807, 2.05) is 29.1 Å². The summed E-state index contributed by atoms with van der Waals surface area (Å²) in [6, 6.07) is 10.0. The highest BCUT2D eigenvalue weighted by molar-refractivity contribution is 5.86. The molecule has 0 aliphatic carbocycles. The molecule has 1 saturated heterocycles. The van der Waals surface area contributed by atoms with E-state index in [1.165, 1.54) is 5.56 Å². The molecule has 1 aliphatic rings. The number of ether oxygens (including phenoxy) is 1. The zero-order valence-electron chi connectivity index (χ0n) is 13.1. The van der Waals surface area contributed by atoms with Crippen molar-refractivity contribution in [3.05, 3.63) is 48.3 Å². The Morgan fingerprint density at radius 2 is 2.04 bits per heavy atom. The molecular formula is C17H22N4O2. The topological polar surface area (TPSA) is 82.2 Å². The maximum absolute atomic E-state index is 12.2. The number of nitrogens with zero attached hydrogens (tertiary/aromatic N) is 2. The summed E-state index contributed by atoms with van der Waals surface area (Å²) in [5, 5.41) is 7.14. The van der Waals surface area contributed by atoms with Gasteiger partial charge in [0.2, 0.25) is 5.91 Å². The number of benzene rings is 1. The molecule has 23 heavy (non-hydrogen) atoms. The van der Waals surface area contributed by atoms with Crippen LogP contribution in [-0.4, -0.2) is 41.0 Å². The largest absolute Gasteiger partial charge is 0.381 e. The van der Waals surface area contributed by atoms with Crippen LogP contribution >= 0.6 is 0 Å². The van der Waals surface area contributed by atoms with Crippen LogP contribution in [0.4, 0.5) is 0 Å². The minimum Gasteiger partial charge on any atom is -0.381 e. The Morgan fingerprint density at radius 3 is 2.70 bits per heavy atom. The second-order valence-corrected chi connectivity index (χ2v) is 5.89. The van der Waals surface area contributed by atoms with Crippen molar-refractivity contribution in [2.75, 3.05) is 19.8 Å². The molecule has 1 aromatic carbocycles. The first-order chi connectivity index (χ1) is 11.2. The van der Waals surface area contributed by atoms with Crippen molar-refractivity contribution in [1.82, 2.24) is 15.1 Å². The van der Waals surface area contributed by atoms with E-state index in [9.17, 15) is 4.79 Å². The molecule has 1 fully saturated rings. The molecule has 3 N–H and O–H groups in total. The van der Waals surface area contributed by atoms with E-state index in [2.05, 4.69) is 22.5 Å². The molecule has 122 valence electrons. The predicted molar refractivity (Wildman–Crippen MR) is 87.2 cm³/mol. The molecule has 0 radical (unpaired) electrons. The van der Waals surface area contributed by atoms with Gasteiger partial charge in [-0.2, -0.15) is 5.10 Å². The van der Waals surface area contributed by atoms with Crippen molar-refractivity contribution in [3.63, 3.8) is 0 Å². The molecule has 1 aliphatic heterocycles. The third-order valence-corrected chi connectivity index (χ3v) is 4.24. The Labute approximate surface area is 135 Å². The van der Waals surface area contributed by atoms with Gasteiger partial charge in [0.1, 0.15) is 0 Å². The minimum atomic E-state index is -0.776. The van der Waals surface area contributed by atoms with Gasteiger partial charge in [-0.15, -0.1) is 0 Å². The summed E-state index contributed by atoms with van der Waals surface area (Å²) in [5.74, 6) is -0.0750.